The summed E-state index contributed by atoms with van der Waals surface area (Å²) in [6.45, 7) is 0. The molecule has 0 spiro atoms. The molecule has 2 N–H and O–H groups in total. The van der Waals surface area contributed by atoms with Gasteiger partial charge in [-0.1, -0.05) is 25.7 Å². The van der Waals surface area contributed by atoms with Gasteiger partial charge in [0.15, 0.2) is 0 Å². The van der Waals surface area contributed by atoms with Crippen molar-refractivity contribution in [2.45, 2.75) is 51.0 Å². The Bertz CT molecular complexity index is 127. The van der Waals surface area contributed by atoms with E-state index in [4.69, 9.17) is 5.73 Å². The van der Waals surface area contributed by atoms with Crippen LogP contribution >= 0.6 is 0 Å². The van der Waals surface area contributed by atoms with Crippen molar-refractivity contribution in [3.05, 3.63) is 0 Å². The SMILES string of the molecule is N[C@H]1CC[C@@H](C2CCCC2)C1. The van der Waals surface area contributed by atoms with Crippen LogP contribution in [0.25, 0.3) is 0 Å². The molecule has 0 radical (unpaired) electrons. The van der Waals surface area contributed by atoms with E-state index in [1.165, 1.54) is 44.9 Å². The Morgan fingerprint density at radius 1 is 0.818 bits per heavy atom. The first-order valence-corrected chi connectivity index (χ1v) is 5.12. The molecule has 0 unspecified atom stereocenters. The fraction of sp³-hybridized carbons (Fsp3) is 1.00. The van der Waals surface area contributed by atoms with Crippen LogP contribution in [0.4, 0.5) is 0 Å². The minimum atomic E-state index is 0.542. The molecule has 2 rings (SSSR count). The van der Waals surface area contributed by atoms with Crippen LogP contribution < -0.4 is 5.73 Å². The molecule has 0 saturated heterocycles. The van der Waals surface area contributed by atoms with Gasteiger partial charge in [-0.05, 0) is 31.1 Å². The summed E-state index contributed by atoms with van der Waals surface area (Å²) in [5.74, 6) is 2.07. The van der Waals surface area contributed by atoms with Gasteiger partial charge in [0.1, 0.15) is 0 Å². The number of nitrogens with two attached hydrogens (primary N) is 1. The van der Waals surface area contributed by atoms with Crippen LogP contribution in [-0.2, 0) is 0 Å². The lowest BCUT2D eigenvalue weighted by Gasteiger charge is -2.16. The molecule has 0 bridgehead atoms. The summed E-state index contributed by atoms with van der Waals surface area (Å²) in [5, 5.41) is 0. The summed E-state index contributed by atoms with van der Waals surface area (Å²) in [6, 6.07) is 0.542. The smallest absolute Gasteiger partial charge is 0.00416 e. The fourth-order valence-electron chi connectivity index (χ4n) is 2.91. The van der Waals surface area contributed by atoms with Gasteiger partial charge in [-0.3, -0.25) is 0 Å². The van der Waals surface area contributed by atoms with E-state index >= 15 is 0 Å². The van der Waals surface area contributed by atoms with Crippen molar-refractivity contribution in [1.29, 1.82) is 0 Å². The summed E-state index contributed by atoms with van der Waals surface area (Å²) in [4.78, 5) is 0. The van der Waals surface area contributed by atoms with E-state index in [0.29, 0.717) is 6.04 Å². The zero-order chi connectivity index (χ0) is 7.68. The average molecular weight is 153 g/mol. The first-order chi connectivity index (χ1) is 5.36. The summed E-state index contributed by atoms with van der Waals surface area (Å²) in [6.07, 6.45) is 10.00. The Morgan fingerprint density at radius 2 is 1.55 bits per heavy atom. The zero-order valence-electron chi connectivity index (χ0n) is 7.26. The maximum Gasteiger partial charge on any atom is 0.00416 e. The highest BCUT2D eigenvalue weighted by atomic mass is 14.6. The van der Waals surface area contributed by atoms with Gasteiger partial charge >= 0.3 is 0 Å². The van der Waals surface area contributed by atoms with Gasteiger partial charge in [-0.25, -0.2) is 0 Å². The van der Waals surface area contributed by atoms with Crippen molar-refractivity contribution >= 4 is 0 Å². The lowest BCUT2D eigenvalue weighted by Crippen LogP contribution is -2.16. The molecule has 0 amide bonds. The average Bonchev–Trinajstić information content (AvgIpc) is 2.55. The van der Waals surface area contributed by atoms with Crippen LogP contribution in [0, 0.1) is 11.8 Å². The van der Waals surface area contributed by atoms with E-state index in [2.05, 4.69) is 0 Å². The highest BCUT2D eigenvalue weighted by Gasteiger charge is 2.30. The van der Waals surface area contributed by atoms with Crippen molar-refractivity contribution in [3.63, 3.8) is 0 Å². The lowest BCUT2D eigenvalue weighted by molar-refractivity contribution is 0.344. The van der Waals surface area contributed by atoms with Gasteiger partial charge in [0.25, 0.3) is 0 Å². The molecule has 0 aromatic heterocycles. The van der Waals surface area contributed by atoms with E-state index < -0.39 is 0 Å². The highest BCUT2D eigenvalue weighted by Crippen LogP contribution is 2.39. The van der Waals surface area contributed by atoms with E-state index in [1.54, 1.807) is 0 Å². The first kappa shape index (κ1) is 7.60. The molecule has 2 fully saturated rings. The Morgan fingerprint density at radius 3 is 2.09 bits per heavy atom. The molecule has 2 saturated carbocycles. The standard InChI is InChI=1S/C10H19N/c11-10-6-5-9(7-10)8-3-1-2-4-8/h8-10H,1-7,11H2/t9-,10+/m1/s1. The summed E-state index contributed by atoms with van der Waals surface area (Å²) >= 11 is 0. The monoisotopic (exact) mass is 153 g/mol. The second-order valence-electron chi connectivity index (χ2n) is 4.38. The third kappa shape index (κ3) is 1.58. The largest absolute Gasteiger partial charge is 0.328 e. The topological polar surface area (TPSA) is 26.0 Å². The molecule has 1 nitrogen and oxygen atoms in total. The highest BCUT2D eigenvalue weighted by molar-refractivity contribution is 4.84. The van der Waals surface area contributed by atoms with Crippen LogP contribution in [0.5, 0.6) is 0 Å². The molecule has 1 heteroatoms. The molecule has 0 heterocycles. The van der Waals surface area contributed by atoms with Gasteiger partial charge < -0.3 is 5.73 Å². The second kappa shape index (κ2) is 3.14. The van der Waals surface area contributed by atoms with Gasteiger partial charge in [0.05, 0.1) is 0 Å². The van der Waals surface area contributed by atoms with Crippen LogP contribution in [0.3, 0.4) is 0 Å². The third-order valence-electron chi connectivity index (χ3n) is 3.58. The lowest BCUT2D eigenvalue weighted by atomic mass is 9.89. The number of rotatable bonds is 1. The van der Waals surface area contributed by atoms with Crippen LogP contribution in [0.2, 0.25) is 0 Å². The van der Waals surface area contributed by atoms with Crippen LogP contribution in [-0.4, -0.2) is 6.04 Å². The van der Waals surface area contributed by atoms with E-state index in [1.807, 2.05) is 0 Å². The Balaban J connectivity index is 1.85. The molecular formula is C10H19N. The fourth-order valence-corrected chi connectivity index (χ4v) is 2.91. The maximum absolute atomic E-state index is 5.89. The molecule has 64 valence electrons. The molecule has 2 aliphatic carbocycles. The molecule has 2 aliphatic rings. The van der Waals surface area contributed by atoms with Crippen molar-refractivity contribution in [3.8, 4) is 0 Å². The van der Waals surface area contributed by atoms with E-state index in [0.717, 1.165) is 11.8 Å². The number of hydrogen-bond donors (Lipinski definition) is 1. The van der Waals surface area contributed by atoms with E-state index in [-0.39, 0.29) is 0 Å². The minimum absolute atomic E-state index is 0.542. The number of hydrogen-bond acceptors (Lipinski definition) is 1. The van der Waals surface area contributed by atoms with Gasteiger partial charge in [-0.2, -0.15) is 0 Å². The van der Waals surface area contributed by atoms with Crippen molar-refractivity contribution < 1.29 is 0 Å². The maximum atomic E-state index is 5.89. The molecule has 0 aliphatic heterocycles. The molecule has 0 aromatic rings. The Hall–Kier alpha value is -0.0400. The van der Waals surface area contributed by atoms with Crippen molar-refractivity contribution in [2.75, 3.05) is 0 Å². The van der Waals surface area contributed by atoms with Gasteiger partial charge in [0, 0.05) is 6.04 Å². The summed E-state index contributed by atoms with van der Waals surface area (Å²) in [7, 11) is 0. The molecule has 2 atom stereocenters. The second-order valence-corrected chi connectivity index (χ2v) is 4.38. The van der Waals surface area contributed by atoms with Crippen LogP contribution in [0.1, 0.15) is 44.9 Å². The van der Waals surface area contributed by atoms with E-state index in [9.17, 15) is 0 Å². The minimum Gasteiger partial charge on any atom is -0.328 e. The van der Waals surface area contributed by atoms with Crippen molar-refractivity contribution in [1.82, 2.24) is 0 Å². The zero-order valence-corrected chi connectivity index (χ0v) is 7.26. The van der Waals surface area contributed by atoms with Crippen LogP contribution in [0.15, 0.2) is 0 Å². The predicted molar refractivity (Wildman–Crippen MR) is 47.3 cm³/mol. The Kier molecular flexibility index (Phi) is 2.17. The normalized spacial score (nSPS) is 40.1. The quantitative estimate of drug-likeness (QED) is 0.614. The third-order valence-corrected chi connectivity index (χ3v) is 3.58. The first-order valence-electron chi connectivity index (χ1n) is 5.12. The summed E-state index contributed by atoms with van der Waals surface area (Å²) < 4.78 is 0. The van der Waals surface area contributed by atoms with Gasteiger partial charge in [-0.15, -0.1) is 0 Å². The predicted octanol–water partition coefficient (Wildman–Crippen LogP) is 2.30. The summed E-state index contributed by atoms with van der Waals surface area (Å²) in [5.41, 5.74) is 5.89. The molecule has 0 aromatic carbocycles. The Labute approximate surface area is 69.4 Å². The van der Waals surface area contributed by atoms with Gasteiger partial charge in [0.2, 0.25) is 0 Å². The molecule has 11 heavy (non-hydrogen) atoms. The van der Waals surface area contributed by atoms with Crippen molar-refractivity contribution in [2.24, 2.45) is 17.6 Å². The molecular weight excluding hydrogens is 134 g/mol.